The van der Waals surface area contributed by atoms with Crippen LogP contribution in [0.4, 0.5) is 5.69 Å². The number of rotatable bonds is 2. The Bertz CT molecular complexity index is 424. The van der Waals surface area contributed by atoms with Crippen LogP contribution >= 0.6 is 12.2 Å². The van der Waals surface area contributed by atoms with Gasteiger partial charge in [0.1, 0.15) is 16.6 Å². The summed E-state index contributed by atoms with van der Waals surface area (Å²) in [5.74, 6) is 1.97. The molecule has 0 aromatic heterocycles. The topological polar surface area (TPSA) is 59.7 Å². The van der Waals surface area contributed by atoms with Gasteiger partial charge in [0.25, 0.3) is 0 Å². The molecule has 3 nitrogen and oxygen atoms in total. The van der Waals surface area contributed by atoms with Crippen LogP contribution in [-0.4, -0.2) is 10.9 Å². The SMILES string of the molecule is N#CC(=C=N)C(=S)Nc1ccccc1. The number of thiocarbonyl (C=S) groups is 1. The van der Waals surface area contributed by atoms with Crippen molar-refractivity contribution in [1.29, 1.82) is 10.7 Å². The Morgan fingerprint density at radius 3 is 2.50 bits per heavy atom. The fourth-order valence-electron chi connectivity index (χ4n) is 0.851. The Morgan fingerprint density at radius 1 is 1.36 bits per heavy atom. The Kier molecular flexibility index (Phi) is 3.57. The zero-order valence-corrected chi connectivity index (χ0v) is 8.06. The van der Waals surface area contributed by atoms with Crippen molar-refractivity contribution >= 4 is 28.8 Å². The molecule has 0 bridgehead atoms. The Morgan fingerprint density at radius 2 is 2.00 bits per heavy atom. The highest BCUT2D eigenvalue weighted by atomic mass is 32.1. The third kappa shape index (κ3) is 2.53. The number of nitrogens with zero attached hydrogens (tertiary/aromatic N) is 1. The molecule has 0 spiro atoms. The molecule has 0 unspecified atom stereocenters. The second-order valence-electron chi connectivity index (χ2n) is 2.43. The minimum absolute atomic E-state index is 0.0313. The Labute approximate surface area is 87.2 Å². The second-order valence-corrected chi connectivity index (χ2v) is 2.84. The second kappa shape index (κ2) is 4.93. The zero-order valence-electron chi connectivity index (χ0n) is 7.24. The minimum Gasteiger partial charge on any atom is -0.345 e. The standard InChI is InChI=1S/C10H7N3S/c11-6-8(7-12)10(14)13-9-4-2-1-3-5-9/h1-5,11H,(H,13,14). The molecule has 0 aliphatic carbocycles. The van der Waals surface area contributed by atoms with Crippen LogP contribution in [0.1, 0.15) is 0 Å². The van der Waals surface area contributed by atoms with E-state index in [1.807, 2.05) is 36.2 Å². The number of hydrogen-bond acceptors (Lipinski definition) is 3. The van der Waals surface area contributed by atoms with Crippen molar-refractivity contribution in [3.8, 4) is 6.07 Å². The van der Waals surface area contributed by atoms with Gasteiger partial charge in [0, 0.05) is 11.6 Å². The van der Waals surface area contributed by atoms with Crippen molar-refractivity contribution in [2.24, 2.45) is 0 Å². The molecule has 0 aliphatic rings. The number of benzene rings is 1. The molecule has 0 saturated heterocycles. The van der Waals surface area contributed by atoms with Gasteiger partial charge in [-0.3, -0.25) is 5.41 Å². The van der Waals surface area contributed by atoms with Gasteiger partial charge in [0.15, 0.2) is 0 Å². The highest BCUT2D eigenvalue weighted by Gasteiger charge is 2.03. The van der Waals surface area contributed by atoms with E-state index in [1.54, 1.807) is 6.07 Å². The maximum absolute atomic E-state index is 8.58. The van der Waals surface area contributed by atoms with Crippen molar-refractivity contribution in [3.05, 3.63) is 35.9 Å². The number of nitriles is 1. The zero-order chi connectivity index (χ0) is 10.4. The first-order valence-electron chi connectivity index (χ1n) is 3.84. The summed E-state index contributed by atoms with van der Waals surface area (Å²) in [5.41, 5.74) is 0.823. The molecule has 4 heteroatoms. The van der Waals surface area contributed by atoms with Gasteiger partial charge in [-0.15, -0.1) is 0 Å². The maximum Gasteiger partial charge on any atom is 0.147 e. The van der Waals surface area contributed by atoms with E-state index < -0.39 is 0 Å². The van der Waals surface area contributed by atoms with Crippen LogP contribution in [-0.2, 0) is 0 Å². The lowest BCUT2D eigenvalue weighted by atomic mass is 10.3. The molecule has 1 rings (SSSR count). The summed E-state index contributed by atoms with van der Waals surface area (Å²) in [6.07, 6.45) is 0. The molecular formula is C10H7N3S. The molecule has 0 atom stereocenters. The third-order valence-corrected chi connectivity index (χ3v) is 1.80. The Hall–Kier alpha value is -1.95. The highest BCUT2D eigenvalue weighted by molar-refractivity contribution is 7.81. The molecule has 68 valence electrons. The summed E-state index contributed by atoms with van der Waals surface area (Å²) < 4.78 is 0. The minimum atomic E-state index is 0.0313. The molecule has 0 heterocycles. The predicted molar refractivity (Wildman–Crippen MR) is 59.5 cm³/mol. The molecule has 0 saturated carbocycles. The summed E-state index contributed by atoms with van der Waals surface area (Å²) >= 11 is 4.90. The number of nitrogens with one attached hydrogen (secondary N) is 2. The van der Waals surface area contributed by atoms with E-state index in [9.17, 15) is 0 Å². The van der Waals surface area contributed by atoms with Crippen molar-refractivity contribution < 1.29 is 0 Å². The van der Waals surface area contributed by atoms with Gasteiger partial charge in [0.05, 0.1) is 0 Å². The van der Waals surface area contributed by atoms with E-state index in [2.05, 4.69) is 5.32 Å². The van der Waals surface area contributed by atoms with Crippen molar-refractivity contribution in [2.45, 2.75) is 0 Å². The number of hydrogen-bond donors (Lipinski definition) is 2. The monoisotopic (exact) mass is 201 g/mol. The molecule has 1 aromatic carbocycles. The van der Waals surface area contributed by atoms with Crippen LogP contribution < -0.4 is 5.32 Å². The molecular weight excluding hydrogens is 194 g/mol. The van der Waals surface area contributed by atoms with Crippen LogP contribution in [0, 0.1) is 16.7 Å². The molecule has 0 amide bonds. The molecule has 0 radical (unpaired) electrons. The van der Waals surface area contributed by atoms with Gasteiger partial charge in [0.2, 0.25) is 0 Å². The number of anilines is 1. The first-order valence-corrected chi connectivity index (χ1v) is 4.25. The summed E-state index contributed by atoms with van der Waals surface area (Å²) in [4.78, 5) is 0.216. The summed E-state index contributed by atoms with van der Waals surface area (Å²) in [6, 6.07) is 11.0. The van der Waals surface area contributed by atoms with Crippen LogP contribution in [0.5, 0.6) is 0 Å². The lowest BCUT2D eigenvalue weighted by molar-refractivity contribution is 1.51. The van der Waals surface area contributed by atoms with Crippen molar-refractivity contribution in [3.63, 3.8) is 0 Å². The van der Waals surface area contributed by atoms with Crippen LogP contribution in [0.25, 0.3) is 0 Å². The molecule has 0 aliphatic heterocycles. The molecule has 14 heavy (non-hydrogen) atoms. The smallest absolute Gasteiger partial charge is 0.147 e. The highest BCUT2D eigenvalue weighted by Crippen LogP contribution is 2.06. The van der Waals surface area contributed by atoms with Gasteiger partial charge in [-0.05, 0) is 12.1 Å². The van der Waals surface area contributed by atoms with Gasteiger partial charge in [-0.25, -0.2) is 0 Å². The average molecular weight is 201 g/mol. The maximum atomic E-state index is 8.58. The van der Waals surface area contributed by atoms with E-state index in [4.69, 9.17) is 22.9 Å². The fourth-order valence-corrected chi connectivity index (χ4v) is 1.07. The van der Waals surface area contributed by atoms with Gasteiger partial charge >= 0.3 is 0 Å². The Balaban J connectivity index is 2.78. The summed E-state index contributed by atoms with van der Waals surface area (Å²) in [7, 11) is 0. The lowest BCUT2D eigenvalue weighted by Gasteiger charge is -2.03. The predicted octanol–water partition coefficient (Wildman–Crippen LogP) is 2.12. The normalized spacial score (nSPS) is 8.21. The quantitative estimate of drug-likeness (QED) is 0.333. The summed E-state index contributed by atoms with van der Waals surface area (Å²) in [5, 5.41) is 18.2. The first-order chi connectivity index (χ1) is 6.77. The number of para-hydroxylation sites is 1. The van der Waals surface area contributed by atoms with Crippen LogP contribution in [0.15, 0.2) is 35.9 Å². The molecule has 1 aromatic rings. The van der Waals surface area contributed by atoms with Crippen molar-refractivity contribution in [1.82, 2.24) is 0 Å². The van der Waals surface area contributed by atoms with Crippen molar-refractivity contribution in [2.75, 3.05) is 5.32 Å². The average Bonchev–Trinajstić information content (AvgIpc) is 2.21. The van der Waals surface area contributed by atoms with Crippen LogP contribution in [0.3, 0.4) is 0 Å². The molecule has 0 fully saturated rings. The largest absolute Gasteiger partial charge is 0.345 e. The van der Waals surface area contributed by atoms with Crippen LogP contribution in [0.2, 0.25) is 0 Å². The van der Waals surface area contributed by atoms with Gasteiger partial charge in [-0.1, -0.05) is 30.4 Å². The fraction of sp³-hybridized carbons (Fsp3) is 0. The molecule has 2 N–H and O–H groups in total. The first kappa shape index (κ1) is 10.1. The summed E-state index contributed by atoms with van der Waals surface area (Å²) in [6.45, 7) is 0. The lowest BCUT2D eigenvalue weighted by Crippen LogP contribution is -2.11. The van der Waals surface area contributed by atoms with E-state index in [0.29, 0.717) is 0 Å². The van der Waals surface area contributed by atoms with Gasteiger partial charge < -0.3 is 5.32 Å². The van der Waals surface area contributed by atoms with E-state index in [-0.39, 0.29) is 10.6 Å². The van der Waals surface area contributed by atoms with Gasteiger partial charge in [-0.2, -0.15) is 5.26 Å². The third-order valence-electron chi connectivity index (χ3n) is 1.50. The van der Waals surface area contributed by atoms with E-state index in [0.717, 1.165) is 5.69 Å². The van der Waals surface area contributed by atoms with E-state index >= 15 is 0 Å². The van der Waals surface area contributed by atoms with E-state index in [1.165, 1.54) is 0 Å².